The van der Waals surface area contributed by atoms with E-state index in [9.17, 15) is 9.59 Å². The van der Waals surface area contributed by atoms with Crippen molar-refractivity contribution in [1.82, 2.24) is 4.90 Å². The van der Waals surface area contributed by atoms with Crippen LogP contribution in [0.5, 0.6) is 0 Å². The number of hydrogen-bond donors (Lipinski definition) is 0. The lowest BCUT2D eigenvalue weighted by Gasteiger charge is -2.27. The molecule has 1 saturated heterocycles. The number of morpholine rings is 1. The van der Waals surface area contributed by atoms with Gasteiger partial charge < -0.3 is 14.5 Å². The molecule has 1 aromatic carbocycles. The first-order chi connectivity index (χ1) is 12.6. The Morgan fingerprint density at radius 3 is 2.81 bits per heavy atom. The minimum Gasteiger partial charge on any atom is -0.378 e. The predicted molar refractivity (Wildman–Crippen MR) is 106 cm³/mol. The molecule has 0 aliphatic carbocycles. The summed E-state index contributed by atoms with van der Waals surface area (Å²) in [6, 6.07) is 5.64. The molecular formula is C18H16BrN3O3S. The second-order valence-electron chi connectivity index (χ2n) is 5.97. The van der Waals surface area contributed by atoms with Gasteiger partial charge in [-0.3, -0.25) is 9.59 Å². The molecule has 3 aliphatic rings. The molecule has 0 unspecified atom stereocenters. The van der Waals surface area contributed by atoms with E-state index in [0.29, 0.717) is 48.5 Å². The van der Waals surface area contributed by atoms with Crippen molar-refractivity contribution in [2.24, 2.45) is 4.99 Å². The van der Waals surface area contributed by atoms with Crippen LogP contribution in [0.2, 0.25) is 0 Å². The number of rotatable bonds is 2. The maximum absolute atomic E-state index is 13.0. The number of carbonyl (C=O) groups is 2. The SMILES string of the molecule is C=CCN1C(=O)/C(=C2\SC(N3CCOCC3)=NC2=O)c2cc(Br)ccc21. The minimum atomic E-state index is -0.355. The molecular weight excluding hydrogens is 418 g/mol. The van der Waals surface area contributed by atoms with Gasteiger partial charge in [-0.1, -0.05) is 22.0 Å². The number of benzene rings is 1. The molecule has 4 rings (SSSR count). The number of ether oxygens (including phenoxy) is 1. The standard InChI is InChI=1S/C18H16BrN3O3S/c1-2-5-22-13-4-3-11(19)10-12(13)14(17(22)24)15-16(23)20-18(26-15)21-6-8-25-9-7-21/h2-4,10H,1,5-9H2/b15-14-. The summed E-state index contributed by atoms with van der Waals surface area (Å²) >= 11 is 4.73. The van der Waals surface area contributed by atoms with Crippen LogP contribution in [-0.2, 0) is 14.3 Å². The van der Waals surface area contributed by atoms with E-state index in [1.165, 1.54) is 11.8 Å². The van der Waals surface area contributed by atoms with Crippen LogP contribution in [-0.4, -0.2) is 54.7 Å². The lowest BCUT2D eigenvalue weighted by Crippen LogP contribution is -2.38. The molecule has 8 heteroatoms. The number of aliphatic imine (C=N–C) groups is 1. The number of fused-ring (bicyclic) bond motifs is 1. The molecule has 0 N–H and O–H groups in total. The van der Waals surface area contributed by atoms with Gasteiger partial charge in [-0.05, 0) is 30.0 Å². The zero-order valence-corrected chi connectivity index (χ0v) is 16.3. The Labute approximate surface area is 163 Å². The maximum atomic E-state index is 13.0. The third-order valence-electron chi connectivity index (χ3n) is 4.38. The number of thioether (sulfide) groups is 1. The lowest BCUT2D eigenvalue weighted by molar-refractivity contribution is -0.115. The van der Waals surface area contributed by atoms with Crippen molar-refractivity contribution >= 4 is 55.9 Å². The highest BCUT2D eigenvalue weighted by molar-refractivity contribution is 9.10. The second-order valence-corrected chi connectivity index (χ2v) is 7.86. The monoisotopic (exact) mass is 433 g/mol. The van der Waals surface area contributed by atoms with Gasteiger partial charge in [0.2, 0.25) is 0 Å². The molecule has 0 radical (unpaired) electrons. The molecule has 134 valence electrons. The summed E-state index contributed by atoms with van der Waals surface area (Å²) in [6.45, 7) is 6.73. The molecule has 0 spiro atoms. The summed E-state index contributed by atoms with van der Waals surface area (Å²) in [6.07, 6.45) is 1.68. The average molecular weight is 434 g/mol. The van der Waals surface area contributed by atoms with Crippen molar-refractivity contribution < 1.29 is 14.3 Å². The number of carbonyl (C=O) groups excluding carboxylic acids is 2. The summed E-state index contributed by atoms with van der Waals surface area (Å²) in [5.74, 6) is -0.543. The second kappa shape index (κ2) is 7.02. The largest absolute Gasteiger partial charge is 0.378 e. The molecule has 3 heterocycles. The number of hydrogen-bond acceptors (Lipinski definition) is 5. The van der Waals surface area contributed by atoms with E-state index < -0.39 is 0 Å². The average Bonchev–Trinajstić information content (AvgIpc) is 3.14. The van der Waals surface area contributed by atoms with Crippen LogP contribution in [0.3, 0.4) is 0 Å². The molecule has 0 saturated carbocycles. The van der Waals surface area contributed by atoms with Gasteiger partial charge in [-0.25, -0.2) is 0 Å². The molecule has 0 atom stereocenters. The quantitative estimate of drug-likeness (QED) is 0.529. The van der Waals surface area contributed by atoms with Crippen LogP contribution in [0.1, 0.15) is 5.56 Å². The Hall–Kier alpha value is -1.90. The van der Waals surface area contributed by atoms with Crippen molar-refractivity contribution in [2.45, 2.75) is 0 Å². The number of anilines is 1. The van der Waals surface area contributed by atoms with E-state index >= 15 is 0 Å². The van der Waals surface area contributed by atoms with Crippen molar-refractivity contribution in [3.63, 3.8) is 0 Å². The Kier molecular flexibility index (Phi) is 4.73. The molecule has 0 aromatic heterocycles. The van der Waals surface area contributed by atoms with E-state index in [4.69, 9.17) is 4.74 Å². The van der Waals surface area contributed by atoms with Gasteiger partial charge in [-0.2, -0.15) is 4.99 Å². The van der Waals surface area contributed by atoms with Crippen LogP contribution in [0, 0.1) is 0 Å². The summed E-state index contributed by atoms with van der Waals surface area (Å²) in [5, 5.41) is 0.646. The van der Waals surface area contributed by atoms with Gasteiger partial charge in [0, 0.05) is 29.7 Å². The smallest absolute Gasteiger partial charge is 0.287 e. The topological polar surface area (TPSA) is 62.2 Å². The molecule has 1 fully saturated rings. The van der Waals surface area contributed by atoms with E-state index in [1.54, 1.807) is 11.0 Å². The third-order valence-corrected chi connectivity index (χ3v) is 5.99. The van der Waals surface area contributed by atoms with Gasteiger partial charge in [0.1, 0.15) is 0 Å². The van der Waals surface area contributed by atoms with Crippen molar-refractivity contribution in [1.29, 1.82) is 0 Å². The highest BCUT2D eigenvalue weighted by Crippen LogP contribution is 2.44. The molecule has 0 bridgehead atoms. The fourth-order valence-electron chi connectivity index (χ4n) is 3.18. The van der Waals surface area contributed by atoms with Crippen LogP contribution in [0.4, 0.5) is 5.69 Å². The normalized spacial score (nSPS) is 22.7. The van der Waals surface area contributed by atoms with Gasteiger partial charge >= 0.3 is 0 Å². The van der Waals surface area contributed by atoms with E-state index in [2.05, 4.69) is 27.5 Å². The third kappa shape index (κ3) is 2.91. The zero-order valence-electron chi connectivity index (χ0n) is 13.9. The molecule has 1 aromatic rings. The number of amides is 2. The first-order valence-corrected chi connectivity index (χ1v) is 9.81. The molecule has 6 nitrogen and oxygen atoms in total. The zero-order chi connectivity index (χ0) is 18.3. The van der Waals surface area contributed by atoms with Crippen molar-refractivity contribution in [3.05, 3.63) is 45.8 Å². The highest BCUT2D eigenvalue weighted by atomic mass is 79.9. The Morgan fingerprint density at radius 2 is 2.08 bits per heavy atom. The molecule has 26 heavy (non-hydrogen) atoms. The minimum absolute atomic E-state index is 0.188. The number of nitrogens with zero attached hydrogens (tertiary/aromatic N) is 3. The van der Waals surface area contributed by atoms with E-state index in [-0.39, 0.29) is 11.8 Å². The highest BCUT2D eigenvalue weighted by Gasteiger charge is 2.39. The van der Waals surface area contributed by atoms with Crippen LogP contribution in [0.15, 0.2) is 45.2 Å². The number of halogens is 1. The van der Waals surface area contributed by atoms with Gasteiger partial charge in [0.05, 0.1) is 29.4 Å². The maximum Gasteiger partial charge on any atom is 0.287 e. The first kappa shape index (κ1) is 17.5. The van der Waals surface area contributed by atoms with Crippen LogP contribution >= 0.6 is 27.7 Å². The van der Waals surface area contributed by atoms with Crippen molar-refractivity contribution in [3.8, 4) is 0 Å². The van der Waals surface area contributed by atoms with E-state index in [0.717, 1.165) is 15.7 Å². The fourth-order valence-corrected chi connectivity index (χ4v) is 4.59. The Morgan fingerprint density at radius 1 is 1.31 bits per heavy atom. The summed E-state index contributed by atoms with van der Waals surface area (Å²) in [7, 11) is 0. The summed E-state index contributed by atoms with van der Waals surface area (Å²) in [5.41, 5.74) is 1.96. The summed E-state index contributed by atoms with van der Waals surface area (Å²) < 4.78 is 6.21. The predicted octanol–water partition coefficient (Wildman–Crippen LogP) is 2.65. The first-order valence-electron chi connectivity index (χ1n) is 8.20. The van der Waals surface area contributed by atoms with Gasteiger partial charge in [0.15, 0.2) is 5.17 Å². The van der Waals surface area contributed by atoms with E-state index in [1.807, 2.05) is 23.1 Å². The van der Waals surface area contributed by atoms with Gasteiger partial charge in [0.25, 0.3) is 11.8 Å². The fraction of sp³-hybridized carbons (Fsp3) is 0.278. The van der Waals surface area contributed by atoms with Gasteiger partial charge in [-0.15, -0.1) is 6.58 Å². The van der Waals surface area contributed by atoms with Crippen LogP contribution in [0.25, 0.3) is 5.57 Å². The molecule has 3 aliphatic heterocycles. The summed E-state index contributed by atoms with van der Waals surface area (Å²) in [4.78, 5) is 33.9. The Balaban J connectivity index is 1.75. The molecule has 2 amide bonds. The van der Waals surface area contributed by atoms with Crippen molar-refractivity contribution in [2.75, 3.05) is 37.7 Å². The Bertz CT molecular complexity index is 874. The van der Waals surface area contributed by atoms with Crippen LogP contribution < -0.4 is 4.90 Å². The number of amidine groups is 1. The lowest BCUT2D eigenvalue weighted by atomic mass is 10.1.